The van der Waals surface area contributed by atoms with Crippen molar-refractivity contribution in [3.05, 3.63) is 129 Å². The molecule has 4 aromatic carbocycles. The van der Waals surface area contributed by atoms with Crippen LogP contribution >= 0.6 is 27.5 Å². The zero-order valence-corrected chi connectivity index (χ0v) is 29.1. The summed E-state index contributed by atoms with van der Waals surface area (Å²) in [5, 5.41) is 2.27. The number of nitrogens with one attached hydrogen (secondary N) is 1. The Labute approximate surface area is 291 Å². The van der Waals surface area contributed by atoms with Crippen LogP contribution < -0.4 is 9.62 Å². The third-order valence-electron chi connectivity index (χ3n) is 7.52. The molecule has 4 rings (SSSR count). The lowest BCUT2D eigenvalue weighted by atomic mass is 10.0. The van der Waals surface area contributed by atoms with Crippen molar-refractivity contribution in [1.29, 1.82) is 0 Å². The van der Waals surface area contributed by atoms with Crippen molar-refractivity contribution in [3.8, 4) is 0 Å². The van der Waals surface area contributed by atoms with E-state index in [4.69, 9.17) is 11.6 Å². The zero-order valence-electron chi connectivity index (χ0n) is 26.0. The first kappa shape index (κ1) is 37.0. The first-order valence-corrected chi connectivity index (χ1v) is 17.7. The number of hydrogen-bond donors (Lipinski definition) is 1. The van der Waals surface area contributed by atoms with E-state index in [0.29, 0.717) is 28.9 Å². The molecule has 0 heterocycles. The second kappa shape index (κ2) is 16.5. The van der Waals surface area contributed by atoms with E-state index in [1.165, 1.54) is 29.2 Å². The topological polar surface area (TPSA) is 86.8 Å². The van der Waals surface area contributed by atoms with Crippen molar-refractivity contribution < 1.29 is 31.2 Å². The molecule has 1 atom stereocenters. The van der Waals surface area contributed by atoms with Gasteiger partial charge in [-0.15, -0.1) is 0 Å². The fourth-order valence-corrected chi connectivity index (χ4v) is 6.90. The van der Waals surface area contributed by atoms with Gasteiger partial charge in [-0.25, -0.2) is 8.42 Å². The first-order valence-electron chi connectivity index (χ1n) is 15.1. The van der Waals surface area contributed by atoms with Gasteiger partial charge in [-0.05, 0) is 60.0 Å². The largest absolute Gasteiger partial charge is 0.417 e. The van der Waals surface area contributed by atoms with Crippen molar-refractivity contribution in [1.82, 2.24) is 10.2 Å². The van der Waals surface area contributed by atoms with Crippen molar-refractivity contribution in [3.63, 3.8) is 0 Å². The molecule has 48 heavy (non-hydrogen) atoms. The molecule has 4 aromatic rings. The van der Waals surface area contributed by atoms with Crippen LogP contribution in [0.25, 0.3) is 0 Å². The maximum atomic E-state index is 14.5. The van der Waals surface area contributed by atoms with Gasteiger partial charge in [0.2, 0.25) is 11.8 Å². The number of alkyl halides is 3. The van der Waals surface area contributed by atoms with Crippen LogP contribution in [0.4, 0.5) is 18.9 Å². The van der Waals surface area contributed by atoms with Crippen molar-refractivity contribution in [2.75, 3.05) is 17.4 Å². The number of halogens is 5. The maximum Gasteiger partial charge on any atom is 0.417 e. The van der Waals surface area contributed by atoms with Crippen LogP contribution in [0.1, 0.15) is 36.5 Å². The predicted molar refractivity (Wildman–Crippen MR) is 184 cm³/mol. The minimum absolute atomic E-state index is 0.0849. The summed E-state index contributed by atoms with van der Waals surface area (Å²) < 4.78 is 71.3. The number of nitrogens with zero attached hydrogens (tertiary/aromatic N) is 2. The number of amides is 2. The summed E-state index contributed by atoms with van der Waals surface area (Å²) in [7, 11) is -4.59. The molecule has 0 fully saturated rings. The lowest BCUT2D eigenvalue weighted by Crippen LogP contribution is -2.53. The van der Waals surface area contributed by atoms with Crippen molar-refractivity contribution >= 4 is 55.1 Å². The molecule has 254 valence electrons. The molecule has 0 radical (unpaired) electrons. The second-order valence-electron chi connectivity index (χ2n) is 11.0. The summed E-state index contributed by atoms with van der Waals surface area (Å²) in [6, 6.07) is 24.8. The first-order chi connectivity index (χ1) is 22.8. The van der Waals surface area contributed by atoms with Crippen LogP contribution in [-0.4, -0.2) is 44.3 Å². The molecule has 2 amide bonds. The van der Waals surface area contributed by atoms with E-state index < -0.39 is 56.9 Å². The lowest BCUT2D eigenvalue weighted by molar-refractivity contribution is -0.140. The highest BCUT2D eigenvalue weighted by Gasteiger charge is 2.37. The highest BCUT2D eigenvalue weighted by Crippen LogP contribution is 2.38. The van der Waals surface area contributed by atoms with E-state index in [9.17, 15) is 31.2 Å². The summed E-state index contributed by atoms with van der Waals surface area (Å²) >= 11 is 9.26. The van der Waals surface area contributed by atoms with Crippen molar-refractivity contribution in [2.24, 2.45) is 0 Å². The molecule has 0 saturated carbocycles. The number of benzene rings is 4. The molecule has 0 aromatic heterocycles. The third kappa shape index (κ3) is 9.61. The normalized spacial score (nSPS) is 12.3. The van der Waals surface area contributed by atoms with Crippen molar-refractivity contribution in [2.45, 2.75) is 49.8 Å². The van der Waals surface area contributed by atoms with E-state index in [2.05, 4.69) is 21.2 Å². The maximum absolute atomic E-state index is 14.5. The Morgan fingerprint density at radius 3 is 2.12 bits per heavy atom. The van der Waals surface area contributed by atoms with Gasteiger partial charge in [-0.3, -0.25) is 13.9 Å². The van der Waals surface area contributed by atoms with Crippen LogP contribution in [-0.2, 0) is 38.8 Å². The number of sulfonamides is 1. The van der Waals surface area contributed by atoms with Crippen LogP contribution in [0.5, 0.6) is 0 Å². The Morgan fingerprint density at radius 1 is 0.896 bits per heavy atom. The van der Waals surface area contributed by atoms with E-state index in [1.54, 1.807) is 42.5 Å². The van der Waals surface area contributed by atoms with Gasteiger partial charge < -0.3 is 10.2 Å². The van der Waals surface area contributed by atoms with Crippen LogP contribution in [0, 0.1) is 0 Å². The summed E-state index contributed by atoms with van der Waals surface area (Å²) in [5.41, 5.74) is -0.275. The van der Waals surface area contributed by atoms with E-state index >= 15 is 0 Å². The van der Waals surface area contributed by atoms with Gasteiger partial charge in [-0.1, -0.05) is 102 Å². The Balaban J connectivity index is 1.84. The SMILES string of the molecule is CCCCNC(=O)[C@@H](Cc1ccccc1)N(Cc1ccc(Br)cc1)C(=O)CN(c1ccc(Cl)c(C(F)(F)F)c1)S(=O)(=O)c1ccccc1. The van der Waals surface area contributed by atoms with Crippen LogP contribution in [0.15, 0.2) is 112 Å². The molecule has 0 aliphatic heterocycles. The van der Waals surface area contributed by atoms with Gasteiger partial charge in [0.15, 0.2) is 0 Å². The smallest absolute Gasteiger partial charge is 0.354 e. The fourth-order valence-electron chi connectivity index (χ4n) is 4.98. The molecule has 0 aliphatic carbocycles. The lowest BCUT2D eigenvalue weighted by Gasteiger charge is -2.34. The van der Waals surface area contributed by atoms with Crippen LogP contribution in [0.3, 0.4) is 0 Å². The Kier molecular flexibility index (Phi) is 12.7. The summed E-state index contributed by atoms with van der Waals surface area (Å²) in [6.45, 7) is 1.35. The van der Waals surface area contributed by atoms with Gasteiger partial charge in [0.05, 0.1) is 21.2 Å². The number of anilines is 1. The highest BCUT2D eigenvalue weighted by molar-refractivity contribution is 9.10. The van der Waals surface area contributed by atoms with Gasteiger partial charge in [0, 0.05) is 24.0 Å². The number of hydrogen-bond acceptors (Lipinski definition) is 4. The molecule has 0 aliphatic rings. The summed E-state index contributed by atoms with van der Waals surface area (Å²) in [5.74, 6) is -1.24. The molecule has 1 N–H and O–H groups in total. The molecular weight excluding hydrogens is 731 g/mol. The predicted octanol–water partition coefficient (Wildman–Crippen LogP) is 7.87. The van der Waals surface area contributed by atoms with E-state index in [1.807, 2.05) is 25.1 Å². The number of carbonyl (C=O) groups is 2. The number of rotatable bonds is 14. The molecule has 0 saturated heterocycles. The average Bonchev–Trinajstić information content (AvgIpc) is 3.06. The Bertz CT molecular complexity index is 1800. The van der Waals surface area contributed by atoms with E-state index in [-0.39, 0.29) is 17.9 Å². The van der Waals surface area contributed by atoms with E-state index in [0.717, 1.165) is 28.6 Å². The standard InChI is InChI=1S/C35H34BrClF3N3O4S/c1-2-3-20-41-34(45)32(21-25-10-6-4-7-11-25)42(23-26-14-16-27(36)17-15-26)33(44)24-43(48(46,47)29-12-8-5-9-13-29)28-18-19-31(37)30(22-28)35(38,39)40/h4-19,22,32H,2-3,20-21,23-24H2,1H3,(H,41,45)/t32-/m1/s1. The van der Waals surface area contributed by atoms with Gasteiger partial charge >= 0.3 is 6.18 Å². The molecule has 0 unspecified atom stereocenters. The number of unbranched alkanes of at least 4 members (excludes halogenated alkanes) is 1. The second-order valence-corrected chi connectivity index (χ2v) is 14.2. The van der Waals surface area contributed by atoms with Gasteiger partial charge in [0.1, 0.15) is 12.6 Å². The summed E-state index contributed by atoms with van der Waals surface area (Å²) in [4.78, 5) is 29.3. The average molecular weight is 765 g/mol. The Morgan fingerprint density at radius 2 is 1.52 bits per heavy atom. The monoisotopic (exact) mass is 763 g/mol. The zero-order chi connectivity index (χ0) is 34.9. The Hall–Kier alpha value is -3.87. The van der Waals surface area contributed by atoms with Crippen LogP contribution in [0.2, 0.25) is 5.02 Å². The minimum atomic E-state index is -4.90. The molecule has 13 heteroatoms. The summed E-state index contributed by atoms with van der Waals surface area (Å²) in [6.07, 6.45) is -3.28. The molecule has 0 bridgehead atoms. The third-order valence-corrected chi connectivity index (χ3v) is 10.2. The quantitative estimate of drug-likeness (QED) is 0.133. The molecule has 0 spiro atoms. The van der Waals surface area contributed by atoms with Gasteiger partial charge in [-0.2, -0.15) is 13.2 Å². The molecular formula is C35H34BrClF3N3O4S. The fraction of sp³-hybridized carbons (Fsp3) is 0.257. The highest BCUT2D eigenvalue weighted by atomic mass is 79.9. The van der Waals surface area contributed by atoms with Gasteiger partial charge in [0.25, 0.3) is 10.0 Å². The number of carbonyl (C=O) groups excluding carboxylic acids is 2. The minimum Gasteiger partial charge on any atom is -0.354 e. The molecule has 7 nitrogen and oxygen atoms in total.